The number of carbonyl (C=O) groups excluding carboxylic acids is 1. The van der Waals surface area contributed by atoms with Gasteiger partial charge in [-0.15, -0.1) is 11.3 Å². The number of thiophene rings is 1. The van der Waals surface area contributed by atoms with Crippen molar-refractivity contribution in [3.8, 4) is 0 Å². The molecule has 0 N–H and O–H groups in total. The molecule has 0 bridgehead atoms. The Labute approximate surface area is 97.5 Å². The van der Waals surface area contributed by atoms with Gasteiger partial charge in [-0.3, -0.25) is 4.79 Å². The van der Waals surface area contributed by atoms with Crippen LogP contribution in [0.15, 0.2) is 13.6 Å². The third-order valence-corrected chi connectivity index (χ3v) is 4.02. The molecule has 2 nitrogen and oxygen atoms in total. The van der Waals surface area contributed by atoms with Gasteiger partial charge in [0.2, 0.25) is 0 Å². The van der Waals surface area contributed by atoms with Crippen LogP contribution in [-0.4, -0.2) is 13.1 Å². The SMILES string of the molecule is COC(=O)CCc1cc(Br)sc1Br. The Balaban J connectivity index is 2.54. The van der Waals surface area contributed by atoms with E-state index in [4.69, 9.17) is 0 Å². The van der Waals surface area contributed by atoms with Gasteiger partial charge < -0.3 is 4.74 Å². The minimum atomic E-state index is -0.172. The zero-order valence-corrected chi connectivity index (χ0v) is 11.0. The first-order valence-electron chi connectivity index (χ1n) is 3.64. The highest BCUT2D eigenvalue weighted by atomic mass is 79.9. The molecule has 5 heteroatoms. The second-order valence-corrected chi connectivity index (χ2v) is 6.17. The number of esters is 1. The van der Waals surface area contributed by atoms with Gasteiger partial charge in [0.25, 0.3) is 0 Å². The first-order valence-corrected chi connectivity index (χ1v) is 6.04. The largest absolute Gasteiger partial charge is 0.469 e. The van der Waals surface area contributed by atoms with E-state index >= 15 is 0 Å². The van der Waals surface area contributed by atoms with Gasteiger partial charge in [0.1, 0.15) is 0 Å². The lowest BCUT2D eigenvalue weighted by molar-refractivity contribution is -0.140. The Bertz CT molecular complexity index is 309. The average molecular weight is 328 g/mol. The van der Waals surface area contributed by atoms with Crippen molar-refractivity contribution in [1.82, 2.24) is 0 Å². The summed E-state index contributed by atoms with van der Waals surface area (Å²) in [7, 11) is 1.40. The molecule has 13 heavy (non-hydrogen) atoms. The Hall–Kier alpha value is 0.130. The van der Waals surface area contributed by atoms with E-state index in [-0.39, 0.29) is 5.97 Å². The number of halogens is 2. The number of ether oxygens (including phenoxy) is 1. The van der Waals surface area contributed by atoms with E-state index in [9.17, 15) is 4.79 Å². The fourth-order valence-electron chi connectivity index (χ4n) is 0.884. The summed E-state index contributed by atoms with van der Waals surface area (Å²) in [6.07, 6.45) is 1.15. The van der Waals surface area contributed by atoms with Gasteiger partial charge in [0, 0.05) is 6.42 Å². The number of hydrogen-bond acceptors (Lipinski definition) is 3. The Morgan fingerprint density at radius 3 is 2.77 bits per heavy atom. The average Bonchev–Trinajstić information content (AvgIpc) is 2.41. The molecular weight excluding hydrogens is 320 g/mol. The molecular formula is C8H8Br2O2S. The third kappa shape index (κ3) is 3.40. The van der Waals surface area contributed by atoms with Crippen molar-refractivity contribution >= 4 is 49.2 Å². The molecule has 0 aliphatic carbocycles. The molecule has 0 spiro atoms. The van der Waals surface area contributed by atoms with Gasteiger partial charge in [-0.2, -0.15) is 0 Å². The molecule has 0 saturated heterocycles. The van der Waals surface area contributed by atoms with E-state index in [2.05, 4.69) is 36.6 Å². The molecule has 0 aliphatic rings. The number of carbonyl (C=O) groups is 1. The van der Waals surface area contributed by atoms with E-state index in [0.717, 1.165) is 19.6 Å². The Kier molecular flexibility index (Phi) is 4.41. The predicted octanol–water partition coefficient (Wildman–Crippen LogP) is 3.38. The van der Waals surface area contributed by atoms with Crippen LogP contribution >= 0.6 is 43.2 Å². The van der Waals surface area contributed by atoms with E-state index in [0.29, 0.717) is 6.42 Å². The fourth-order valence-corrected chi connectivity index (χ4v) is 3.80. The number of methoxy groups -OCH3 is 1. The predicted molar refractivity (Wildman–Crippen MR) is 60.1 cm³/mol. The van der Waals surface area contributed by atoms with Crippen molar-refractivity contribution < 1.29 is 9.53 Å². The van der Waals surface area contributed by atoms with Crippen LogP contribution in [0, 0.1) is 0 Å². The van der Waals surface area contributed by atoms with Crippen LogP contribution in [0.2, 0.25) is 0 Å². The van der Waals surface area contributed by atoms with Gasteiger partial charge in [-0.25, -0.2) is 0 Å². The van der Waals surface area contributed by atoms with Crippen molar-refractivity contribution in [3.63, 3.8) is 0 Å². The smallest absolute Gasteiger partial charge is 0.305 e. The Morgan fingerprint density at radius 1 is 1.62 bits per heavy atom. The molecule has 0 unspecified atom stereocenters. The van der Waals surface area contributed by atoms with Crippen molar-refractivity contribution in [2.24, 2.45) is 0 Å². The first-order chi connectivity index (χ1) is 6.13. The quantitative estimate of drug-likeness (QED) is 0.795. The molecule has 0 aromatic carbocycles. The maximum atomic E-state index is 10.9. The van der Waals surface area contributed by atoms with E-state index in [1.807, 2.05) is 6.07 Å². The summed E-state index contributed by atoms with van der Waals surface area (Å²) in [5, 5.41) is 0. The summed E-state index contributed by atoms with van der Waals surface area (Å²) in [4.78, 5) is 10.9. The van der Waals surface area contributed by atoms with Crippen molar-refractivity contribution in [2.75, 3.05) is 7.11 Å². The minimum Gasteiger partial charge on any atom is -0.469 e. The minimum absolute atomic E-state index is 0.172. The summed E-state index contributed by atoms with van der Waals surface area (Å²) in [5.41, 5.74) is 1.14. The molecule has 0 amide bonds. The monoisotopic (exact) mass is 326 g/mol. The van der Waals surface area contributed by atoms with Gasteiger partial charge in [-0.05, 0) is 49.9 Å². The van der Waals surface area contributed by atoms with Gasteiger partial charge in [0.15, 0.2) is 0 Å². The molecule has 1 aromatic heterocycles. The van der Waals surface area contributed by atoms with Crippen molar-refractivity contribution in [1.29, 1.82) is 0 Å². The van der Waals surface area contributed by atoms with Crippen LogP contribution in [0.3, 0.4) is 0 Å². The van der Waals surface area contributed by atoms with Crippen molar-refractivity contribution in [2.45, 2.75) is 12.8 Å². The van der Waals surface area contributed by atoms with Crippen LogP contribution in [0.4, 0.5) is 0 Å². The third-order valence-electron chi connectivity index (χ3n) is 1.55. The highest BCUT2D eigenvalue weighted by Crippen LogP contribution is 2.32. The lowest BCUT2D eigenvalue weighted by atomic mass is 10.2. The highest BCUT2D eigenvalue weighted by Gasteiger charge is 2.07. The zero-order valence-electron chi connectivity index (χ0n) is 6.97. The summed E-state index contributed by atoms with van der Waals surface area (Å²) < 4.78 is 6.70. The van der Waals surface area contributed by atoms with Gasteiger partial charge in [-0.1, -0.05) is 0 Å². The fraction of sp³-hybridized carbons (Fsp3) is 0.375. The molecule has 1 heterocycles. The summed E-state index contributed by atoms with van der Waals surface area (Å²) >= 11 is 8.41. The van der Waals surface area contributed by atoms with Crippen LogP contribution in [0.25, 0.3) is 0 Å². The maximum Gasteiger partial charge on any atom is 0.305 e. The van der Waals surface area contributed by atoms with Gasteiger partial charge in [0.05, 0.1) is 14.7 Å². The van der Waals surface area contributed by atoms with Crippen LogP contribution < -0.4 is 0 Å². The Morgan fingerprint density at radius 2 is 2.31 bits per heavy atom. The molecule has 0 aliphatic heterocycles. The number of hydrogen-bond donors (Lipinski definition) is 0. The summed E-state index contributed by atoms with van der Waals surface area (Å²) in [6.45, 7) is 0. The number of rotatable bonds is 3. The van der Waals surface area contributed by atoms with Crippen LogP contribution in [0.1, 0.15) is 12.0 Å². The molecule has 0 radical (unpaired) electrons. The summed E-state index contributed by atoms with van der Waals surface area (Å²) in [6, 6.07) is 2.01. The molecule has 0 atom stereocenters. The highest BCUT2D eigenvalue weighted by molar-refractivity contribution is 9.12. The van der Waals surface area contributed by atoms with E-state index in [1.165, 1.54) is 7.11 Å². The molecule has 0 fully saturated rings. The maximum absolute atomic E-state index is 10.9. The molecule has 1 rings (SSSR count). The van der Waals surface area contributed by atoms with Crippen LogP contribution in [0.5, 0.6) is 0 Å². The lowest BCUT2D eigenvalue weighted by Crippen LogP contribution is -2.01. The lowest BCUT2D eigenvalue weighted by Gasteiger charge is -1.97. The summed E-state index contributed by atoms with van der Waals surface area (Å²) in [5.74, 6) is -0.172. The van der Waals surface area contributed by atoms with Crippen LogP contribution in [-0.2, 0) is 16.0 Å². The van der Waals surface area contributed by atoms with Crippen molar-refractivity contribution in [3.05, 3.63) is 19.2 Å². The standard InChI is InChI=1S/C8H8Br2O2S/c1-12-7(11)3-2-5-4-6(9)13-8(5)10/h4H,2-3H2,1H3. The normalized spacial score (nSPS) is 10.1. The molecule has 1 aromatic rings. The molecule has 72 valence electrons. The van der Waals surface area contributed by atoms with E-state index < -0.39 is 0 Å². The zero-order chi connectivity index (χ0) is 9.84. The molecule has 0 saturated carbocycles. The number of aryl methyl sites for hydroxylation is 1. The first kappa shape index (κ1) is 11.2. The van der Waals surface area contributed by atoms with Gasteiger partial charge >= 0.3 is 5.97 Å². The second kappa shape index (κ2) is 5.12. The topological polar surface area (TPSA) is 26.3 Å². The second-order valence-electron chi connectivity index (χ2n) is 2.43. The van der Waals surface area contributed by atoms with E-state index in [1.54, 1.807) is 11.3 Å².